The van der Waals surface area contributed by atoms with E-state index >= 15 is 0 Å². The third-order valence-corrected chi connectivity index (χ3v) is 5.57. The normalized spacial score (nSPS) is 13.7. The van der Waals surface area contributed by atoms with Crippen LogP contribution in [0, 0.1) is 0 Å². The Morgan fingerprint density at radius 1 is 1.05 bits per heavy atom. The molecule has 2 N–H and O–H groups in total. The molecule has 0 aliphatic heterocycles. The summed E-state index contributed by atoms with van der Waals surface area (Å²) in [4.78, 5) is 0. The maximum atomic E-state index is 12.2. The van der Waals surface area contributed by atoms with Crippen LogP contribution in [0.4, 0.5) is 13.2 Å². The average molecular weight is 318 g/mol. The van der Waals surface area contributed by atoms with Crippen LogP contribution in [0.3, 0.4) is 0 Å². The summed E-state index contributed by atoms with van der Waals surface area (Å²) in [5, 5.41) is 0. The van der Waals surface area contributed by atoms with Gasteiger partial charge in [0.2, 0.25) is 10.0 Å². The van der Waals surface area contributed by atoms with Crippen LogP contribution < -0.4 is 5.84 Å². The largest absolute Gasteiger partial charge is 0.513 e. The van der Waals surface area contributed by atoms with E-state index in [1.807, 2.05) is 0 Å². The third-order valence-electron chi connectivity index (χ3n) is 2.00. The lowest BCUT2D eigenvalue weighted by molar-refractivity contribution is -0.0469. The van der Waals surface area contributed by atoms with E-state index in [2.05, 4.69) is 5.84 Å². The molecule has 0 atom stereocenters. The molecule has 0 aliphatic carbocycles. The highest BCUT2D eigenvalue weighted by molar-refractivity contribution is 8.03. The Balaban J connectivity index is 3.09. The number of hydrogen-bond acceptors (Lipinski definition) is 5. The van der Waals surface area contributed by atoms with Gasteiger partial charge in [0.1, 0.15) is 0 Å². The molecule has 11 heteroatoms. The topological polar surface area (TPSA) is 97.5 Å². The number of rotatable bonds is 4. The molecule has 0 saturated heterocycles. The van der Waals surface area contributed by atoms with Crippen LogP contribution in [0.15, 0.2) is 30.3 Å². The lowest BCUT2D eigenvalue weighted by atomic mass is 10.2. The smallest absolute Gasteiger partial charge is 0.240 e. The van der Waals surface area contributed by atoms with Crippen molar-refractivity contribution >= 4 is 20.0 Å². The fraction of sp³-hybridized carbons (Fsp3) is 0.250. The van der Waals surface area contributed by atoms with E-state index in [1.165, 1.54) is 24.3 Å². The Hall–Kier alpha value is -1.17. The van der Waals surface area contributed by atoms with E-state index in [9.17, 15) is 30.0 Å². The quantitative estimate of drug-likeness (QED) is 0.645. The SMILES string of the molecule is NN(S(=O)(=O)Cc1ccccc1)S(=O)(=O)C(F)(F)F. The summed E-state index contributed by atoms with van der Waals surface area (Å²) in [5.41, 5.74) is -5.68. The molecule has 0 radical (unpaired) electrons. The standard InChI is InChI=1S/C8H9F3N2O4S2/c9-8(10,11)19(16,17)13(12)18(14,15)6-7-4-2-1-3-5-7/h1-5H,6,12H2. The number of benzene rings is 1. The molecule has 19 heavy (non-hydrogen) atoms. The molecule has 1 rings (SSSR count). The first-order valence-electron chi connectivity index (χ1n) is 4.61. The number of hydrazine groups is 1. The van der Waals surface area contributed by atoms with Crippen molar-refractivity contribution in [2.75, 3.05) is 0 Å². The highest BCUT2D eigenvalue weighted by atomic mass is 32.3. The molecule has 0 bridgehead atoms. The molecule has 0 amide bonds. The van der Waals surface area contributed by atoms with Gasteiger partial charge >= 0.3 is 15.5 Å². The van der Waals surface area contributed by atoms with Crippen molar-refractivity contribution in [3.05, 3.63) is 35.9 Å². The van der Waals surface area contributed by atoms with Crippen LogP contribution in [-0.4, -0.2) is 26.2 Å². The molecule has 0 fully saturated rings. The minimum atomic E-state index is -6.13. The molecule has 0 saturated carbocycles. The summed E-state index contributed by atoms with van der Waals surface area (Å²) >= 11 is 0. The Labute approximate surface area is 107 Å². The first-order valence-corrected chi connectivity index (χ1v) is 7.66. The number of nitrogens with zero attached hydrogens (tertiary/aromatic N) is 1. The fourth-order valence-electron chi connectivity index (χ4n) is 1.10. The molecule has 0 aliphatic rings. The van der Waals surface area contributed by atoms with Crippen LogP contribution in [0.2, 0.25) is 0 Å². The van der Waals surface area contributed by atoms with Gasteiger partial charge in [-0.25, -0.2) is 22.7 Å². The zero-order valence-electron chi connectivity index (χ0n) is 9.20. The van der Waals surface area contributed by atoms with E-state index in [0.717, 1.165) is 0 Å². The average Bonchev–Trinajstić information content (AvgIpc) is 2.27. The number of hydrogen-bond donors (Lipinski definition) is 1. The summed E-state index contributed by atoms with van der Waals surface area (Å²) in [7, 11) is -11.0. The molecule has 1 aromatic rings. The maximum absolute atomic E-state index is 12.2. The van der Waals surface area contributed by atoms with Crippen LogP contribution in [0.25, 0.3) is 0 Å². The first kappa shape index (κ1) is 15.9. The fourth-order valence-corrected chi connectivity index (χ4v) is 3.65. The summed E-state index contributed by atoms with van der Waals surface area (Å²) in [6.07, 6.45) is 0. The monoisotopic (exact) mass is 318 g/mol. The Morgan fingerprint density at radius 3 is 1.95 bits per heavy atom. The molecule has 6 nitrogen and oxygen atoms in total. The van der Waals surface area contributed by atoms with Gasteiger partial charge in [-0.2, -0.15) is 13.2 Å². The molecule has 0 unspecified atom stereocenters. The molecular weight excluding hydrogens is 309 g/mol. The molecule has 0 heterocycles. The summed E-state index contributed by atoms with van der Waals surface area (Å²) < 4.78 is 80.2. The predicted molar refractivity (Wildman–Crippen MR) is 60.1 cm³/mol. The maximum Gasteiger partial charge on any atom is 0.513 e. The zero-order valence-corrected chi connectivity index (χ0v) is 10.8. The van der Waals surface area contributed by atoms with Gasteiger partial charge in [0.15, 0.2) is 0 Å². The van der Waals surface area contributed by atoms with Crippen molar-refractivity contribution in [2.45, 2.75) is 11.3 Å². The van der Waals surface area contributed by atoms with Gasteiger partial charge in [-0.1, -0.05) is 30.3 Å². The van der Waals surface area contributed by atoms with Crippen molar-refractivity contribution in [1.29, 1.82) is 0 Å². The molecular formula is C8H9F3N2O4S2. The van der Waals surface area contributed by atoms with E-state index in [0.29, 0.717) is 0 Å². The van der Waals surface area contributed by atoms with Crippen molar-refractivity contribution in [1.82, 2.24) is 3.82 Å². The van der Waals surface area contributed by atoms with Crippen LogP contribution in [0.5, 0.6) is 0 Å². The van der Waals surface area contributed by atoms with Gasteiger partial charge in [-0.05, 0) is 9.38 Å². The first-order chi connectivity index (χ1) is 8.48. The number of alkyl halides is 3. The second kappa shape index (κ2) is 5.07. The van der Waals surface area contributed by atoms with E-state index < -0.39 is 35.1 Å². The number of nitrogens with two attached hydrogens (primary N) is 1. The van der Waals surface area contributed by atoms with Gasteiger partial charge in [0.25, 0.3) is 0 Å². The Morgan fingerprint density at radius 2 is 1.53 bits per heavy atom. The van der Waals surface area contributed by atoms with E-state index in [4.69, 9.17) is 0 Å². The highest BCUT2D eigenvalue weighted by Crippen LogP contribution is 2.27. The van der Waals surface area contributed by atoms with Crippen LogP contribution in [0.1, 0.15) is 5.56 Å². The van der Waals surface area contributed by atoms with Crippen molar-refractivity contribution in [2.24, 2.45) is 5.84 Å². The number of halogens is 3. The Kier molecular flexibility index (Phi) is 4.24. The van der Waals surface area contributed by atoms with Gasteiger partial charge < -0.3 is 0 Å². The molecule has 1 aromatic carbocycles. The number of sulfonamides is 2. The van der Waals surface area contributed by atoms with Gasteiger partial charge in [-0.3, -0.25) is 0 Å². The van der Waals surface area contributed by atoms with Crippen molar-refractivity contribution in [3.8, 4) is 0 Å². The second-order valence-electron chi connectivity index (χ2n) is 3.42. The van der Waals surface area contributed by atoms with Crippen LogP contribution in [-0.2, 0) is 25.8 Å². The molecule has 0 aromatic heterocycles. The molecule has 108 valence electrons. The van der Waals surface area contributed by atoms with Gasteiger partial charge in [0, 0.05) is 0 Å². The Bertz CT molecular complexity index is 640. The third kappa shape index (κ3) is 3.43. The van der Waals surface area contributed by atoms with Crippen molar-refractivity contribution in [3.63, 3.8) is 0 Å². The van der Waals surface area contributed by atoms with Gasteiger partial charge in [-0.15, -0.1) is 0 Å². The summed E-state index contributed by atoms with van der Waals surface area (Å²) in [6.45, 7) is 0. The zero-order chi connectivity index (χ0) is 14.9. The van der Waals surface area contributed by atoms with Gasteiger partial charge in [0.05, 0.1) is 5.75 Å². The molecule has 0 spiro atoms. The van der Waals surface area contributed by atoms with E-state index in [1.54, 1.807) is 6.07 Å². The highest BCUT2D eigenvalue weighted by Gasteiger charge is 2.53. The minimum absolute atomic E-state index is 0.107. The predicted octanol–water partition coefficient (Wildman–Crippen LogP) is 0.542. The van der Waals surface area contributed by atoms with E-state index in [-0.39, 0.29) is 5.56 Å². The minimum Gasteiger partial charge on any atom is -0.240 e. The lowest BCUT2D eigenvalue weighted by Crippen LogP contribution is -2.48. The lowest BCUT2D eigenvalue weighted by Gasteiger charge is -2.18. The van der Waals surface area contributed by atoms with Crippen molar-refractivity contribution < 1.29 is 30.0 Å². The summed E-state index contributed by atoms with van der Waals surface area (Å²) in [5.74, 6) is 3.64. The summed E-state index contributed by atoms with van der Waals surface area (Å²) in [6, 6.07) is 7.08. The second-order valence-corrected chi connectivity index (χ2v) is 7.30. The van der Waals surface area contributed by atoms with Crippen LogP contribution >= 0.6 is 0 Å².